The summed E-state index contributed by atoms with van der Waals surface area (Å²) in [4.78, 5) is 27.7. The summed E-state index contributed by atoms with van der Waals surface area (Å²) >= 11 is 12.3. The molecule has 3 aromatic rings. The first-order valence-corrected chi connectivity index (χ1v) is 13.7. The van der Waals surface area contributed by atoms with Crippen LogP contribution in [0.4, 0.5) is 5.69 Å². The van der Waals surface area contributed by atoms with Crippen LogP contribution in [0.5, 0.6) is 0 Å². The van der Waals surface area contributed by atoms with Gasteiger partial charge in [-0.2, -0.15) is 0 Å². The maximum absolute atomic E-state index is 13.8. The van der Waals surface area contributed by atoms with Crippen LogP contribution in [0.2, 0.25) is 10.0 Å². The smallest absolute Gasteiger partial charge is 0.264 e. The number of amides is 2. The summed E-state index contributed by atoms with van der Waals surface area (Å²) in [6.45, 7) is 4.69. The summed E-state index contributed by atoms with van der Waals surface area (Å²) in [7, 11) is -2.68. The van der Waals surface area contributed by atoms with E-state index in [2.05, 4.69) is 5.32 Å². The normalized spacial score (nSPS) is 12.1. The molecule has 2 amide bonds. The molecule has 0 bridgehead atoms. The molecule has 196 valence electrons. The van der Waals surface area contributed by atoms with Crippen LogP contribution in [-0.4, -0.2) is 44.8 Å². The van der Waals surface area contributed by atoms with E-state index in [0.29, 0.717) is 15.6 Å². The van der Waals surface area contributed by atoms with Crippen LogP contribution in [-0.2, 0) is 26.2 Å². The average molecular weight is 563 g/mol. The highest BCUT2D eigenvalue weighted by molar-refractivity contribution is 7.92. The van der Waals surface area contributed by atoms with Gasteiger partial charge in [0.1, 0.15) is 12.6 Å². The first-order chi connectivity index (χ1) is 17.4. The minimum Gasteiger partial charge on any atom is -0.357 e. The largest absolute Gasteiger partial charge is 0.357 e. The Labute approximate surface area is 228 Å². The van der Waals surface area contributed by atoms with Gasteiger partial charge in [-0.15, -0.1) is 0 Å². The Morgan fingerprint density at radius 2 is 1.57 bits per heavy atom. The predicted octanol–water partition coefficient (Wildman–Crippen LogP) is 4.97. The Bertz CT molecular complexity index is 1380. The number of carbonyl (C=O) groups excluding carboxylic acids is 2. The van der Waals surface area contributed by atoms with Crippen molar-refractivity contribution in [3.05, 3.63) is 93.5 Å². The Morgan fingerprint density at radius 1 is 0.946 bits per heavy atom. The Hall–Kier alpha value is -3.07. The van der Waals surface area contributed by atoms with E-state index in [1.165, 1.54) is 24.1 Å². The van der Waals surface area contributed by atoms with E-state index in [-0.39, 0.29) is 23.0 Å². The van der Waals surface area contributed by atoms with E-state index in [1.807, 2.05) is 6.92 Å². The second-order valence-electron chi connectivity index (χ2n) is 8.65. The minimum atomic E-state index is -4.16. The number of hydrogen-bond donors (Lipinski definition) is 1. The molecule has 0 aromatic heterocycles. The molecule has 0 unspecified atom stereocenters. The number of aryl methyl sites for hydroxylation is 1. The fourth-order valence-electron chi connectivity index (χ4n) is 3.80. The number of carbonyl (C=O) groups is 2. The van der Waals surface area contributed by atoms with Gasteiger partial charge in [0.15, 0.2) is 0 Å². The molecule has 0 aliphatic heterocycles. The van der Waals surface area contributed by atoms with Crippen LogP contribution in [0.1, 0.15) is 23.6 Å². The van der Waals surface area contributed by atoms with Crippen LogP contribution >= 0.6 is 23.2 Å². The van der Waals surface area contributed by atoms with Crippen molar-refractivity contribution in [3.8, 4) is 0 Å². The third-order valence-electron chi connectivity index (χ3n) is 6.08. The lowest BCUT2D eigenvalue weighted by molar-refractivity contribution is -0.139. The van der Waals surface area contributed by atoms with E-state index < -0.39 is 28.5 Å². The number of rotatable bonds is 9. The quantitative estimate of drug-likeness (QED) is 0.399. The highest BCUT2D eigenvalue weighted by Crippen LogP contribution is 2.31. The molecule has 1 atom stereocenters. The van der Waals surface area contributed by atoms with E-state index in [1.54, 1.807) is 68.4 Å². The third-order valence-corrected chi connectivity index (χ3v) is 8.51. The fourth-order valence-corrected chi connectivity index (χ4v) is 5.56. The van der Waals surface area contributed by atoms with E-state index in [0.717, 1.165) is 15.4 Å². The first kappa shape index (κ1) is 28.5. The van der Waals surface area contributed by atoms with Gasteiger partial charge in [-0.05, 0) is 68.3 Å². The van der Waals surface area contributed by atoms with Crippen molar-refractivity contribution in [1.82, 2.24) is 10.2 Å². The zero-order chi connectivity index (χ0) is 27.3. The molecule has 37 heavy (non-hydrogen) atoms. The summed E-state index contributed by atoms with van der Waals surface area (Å²) < 4.78 is 28.7. The van der Waals surface area contributed by atoms with Crippen molar-refractivity contribution in [2.75, 3.05) is 17.9 Å². The molecular weight excluding hydrogens is 533 g/mol. The summed E-state index contributed by atoms with van der Waals surface area (Å²) in [5.41, 5.74) is 2.42. The maximum Gasteiger partial charge on any atom is 0.264 e. The van der Waals surface area contributed by atoms with Gasteiger partial charge in [-0.25, -0.2) is 8.42 Å². The molecule has 0 heterocycles. The molecular formula is C27H29Cl2N3O4S. The predicted molar refractivity (Wildman–Crippen MR) is 147 cm³/mol. The van der Waals surface area contributed by atoms with Crippen molar-refractivity contribution in [2.24, 2.45) is 0 Å². The van der Waals surface area contributed by atoms with Gasteiger partial charge >= 0.3 is 0 Å². The lowest BCUT2D eigenvalue weighted by Gasteiger charge is -2.32. The molecule has 7 nitrogen and oxygen atoms in total. The van der Waals surface area contributed by atoms with Gasteiger partial charge in [0.2, 0.25) is 11.8 Å². The van der Waals surface area contributed by atoms with Gasteiger partial charge in [0.25, 0.3) is 10.0 Å². The number of hydrogen-bond acceptors (Lipinski definition) is 4. The van der Waals surface area contributed by atoms with E-state index >= 15 is 0 Å². The van der Waals surface area contributed by atoms with E-state index in [9.17, 15) is 18.0 Å². The molecule has 10 heteroatoms. The summed E-state index contributed by atoms with van der Waals surface area (Å²) in [5, 5.41) is 3.46. The Kier molecular flexibility index (Phi) is 9.23. The number of likely N-dealkylation sites (N-methyl/N-ethyl adjacent to an activating group) is 1. The van der Waals surface area contributed by atoms with Gasteiger partial charge in [0.05, 0.1) is 10.6 Å². The Balaban J connectivity index is 2.07. The maximum atomic E-state index is 13.8. The van der Waals surface area contributed by atoms with Crippen molar-refractivity contribution in [3.63, 3.8) is 0 Å². The van der Waals surface area contributed by atoms with Crippen LogP contribution < -0.4 is 9.62 Å². The van der Waals surface area contributed by atoms with Crippen LogP contribution in [0.15, 0.2) is 71.6 Å². The van der Waals surface area contributed by atoms with Crippen LogP contribution in [0.25, 0.3) is 0 Å². The third kappa shape index (κ3) is 6.63. The molecule has 1 N–H and O–H groups in total. The lowest BCUT2D eigenvalue weighted by Crippen LogP contribution is -2.50. The molecule has 0 aliphatic rings. The standard InChI is InChI=1S/C27H29Cl2N3O4S/c1-18-8-14-23(15-9-18)37(35,36)32(25-7-5-6-24(29)19(25)2)17-26(33)31(20(3)27(34)30-4)16-21-10-12-22(28)13-11-21/h5-15,20H,16-17H2,1-4H3,(H,30,34)/t20-/m0/s1. The highest BCUT2D eigenvalue weighted by Gasteiger charge is 2.33. The second kappa shape index (κ2) is 12.0. The summed E-state index contributed by atoms with van der Waals surface area (Å²) in [6.07, 6.45) is 0. The lowest BCUT2D eigenvalue weighted by atomic mass is 10.1. The molecule has 3 aromatic carbocycles. The number of nitrogens with zero attached hydrogens (tertiary/aromatic N) is 2. The van der Waals surface area contributed by atoms with Gasteiger partial charge in [0, 0.05) is 23.6 Å². The summed E-state index contributed by atoms with van der Waals surface area (Å²) in [5.74, 6) is -0.935. The molecule has 0 aliphatic carbocycles. The minimum absolute atomic E-state index is 0.0360. The monoisotopic (exact) mass is 561 g/mol. The topological polar surface area (TPSA) is 86.8 Å². The zero-order valence-electron chi connectivity index (χ0n) is 21.0. The molecule has 3 rings (SSSR count). The van der Waals surface area contributed by atoms with Gasteiger partial charge < -0.3 is 10.2 Å². The number of nitrogens with one attached hydrogen (secondary N) is 1. The average Bonchev–Trinajstić information content (AvgIpc) is 2.88. The van der Waals surface area contributed by atoms with Crippen molar-refractivity contribution in [2.45, 2.75) is 38.3 Å². The summed E-state index contributed by atoms with van der Waals surface area (Å²) in [6, 6.07) is 17.3. The molecule has 0 saturated heterocycles. The first-order valence-electron chi connectivity index (χ1n) is 11.6. The van der Waals surface area contributed by atoms with Gasteiger partial charge in [-0.3, -0.25) is 13.9 Å². The zero-order valence-corrected chi connectivity index (χ0v) is 23.4. The number of halogens is 2. The van der Waals surface area contributed by atoms with Crippen LogP contribution in [0.3, 0.4) is 0 Å². The van der Waals surface area contributed by atoms with Crippen molar-refractivity contribution < 1.29 is 18.0 Å². The van der Waals surface area contributed by atoms with Crippen molar-refractivity contribution >= 4 is 50.7 Å². The van der Waals surface area contributed by atoms with Crippen LogP contribution in [0, 0.1) is 13.8 Å². The van der Waals surface area contributed by atoms with E-state index in [4.69, 9.17) is 23.2 Å². The van der Waals surface area contributed by atoms with Crippen molar-refractivity contribution in [1.29, 1.82) is 0 Å². The number of benzene rings is 3. The number of anilines is 1. The molecule has 0 fully saturated rings. The highest BCUT2D eigenvalue weighted by atomic mass is 35.5. The molecule has 0 spiro atoms. The second-order valence-corrected chi connectivity index (χ2v) is 11.4. The molecule has 0 saturated carbocycles. The fraction of sp³-hybridized carbons (Fsp3) is 0.259. The molecule has 0 radical (unpaired) electrons. The Morgan fingerprint density at radius 3 is 2.16 bits per heavy atom. The SMILES string of the molecule is CNC(=O)[C@H](C)N(Cc1ccc(Cl)cc1)C(=O)CN(c1cccc(Cl)c1C)S(=O)(=O)c1ccc(C)cc1. The number of sulfonamides is 1. The van der Waals surface area contributed by atoms with Gasteiger partial charge in [-0.1, -0.05) is 59.1 Å².